The second-order valence-electron chi connectivity index (χ2n) is 4.06. The molecule has 6 heteroatoms. The Hall–Kier alpha value is -2.08. The normalized spacial score (nSPS) is 11.6. The summed E-state index contributed by atoms with van der Waals surface area (Å²) in [5, 5.41) is 22.6. The number of nitrogens with one attached hydrogen (secondary N) is 2. The summed E-state index contributed by atoms with van der Waals surface area (Å²) in [5.41, 5.74) is 1.13. The van der Waals surface area contributed by atoms with Crippen molar-refractivity contribution in [2.75, 3.05) is 13.1 Å². The van der Waals surface area contributed by atoms with E-state index in [9.17, 15) is 9.59 Å². The molecule has 1 atom stereocenters. The van der Waals surface area contributed by atoms with E-state index in [0.29, 0.717) is 6.54 Å². The van der Waals surface area contributed by atoms with E-state index in [1.54, 1.807) is 0 Å². The number of aliphatic carboxylic acids is 1. The Morgan fingerprint density at radius 2 is 1.74 bits per heavy atom. The van der Waals surface area contributed by atoms with E-state index in [0.717, 1.165) is 12.0 Å². The van der Waals surface area contributed by atoms with Gasteiger partial charge in [-0.15, -0.1) is 0 Å². The molecule has 0 spiro atoms. The molecule has 4 N–H and O–H groups in total. The Morgan fingerprint density at radius 1 is 1.11 bits per heavy atom. The third kappa shape index (κ3) is 6.42. The smallest absolute Gasteiger partial charge is 0.332 e. The molecule has 104 valence electrons. The van der Waals surface area contributed by atoms with Crippen molar-refractivity contribution in [1.29, 1.82) is 0 Å². The van der Waals surface area contributed by atoms with Crippen LogP contribution in [0.4, 0.5) is 4.79 Å². The summed E-state index contributed by atoms with van der Waals surface area (Å²) >= 11 is 0. The third-order valence-corrected chi connectivity index (χ3v) is 2.53. The molecular weight excluding hydrogens is 248 g/mol. The number of hydrogen-bond acceptors (Lipinski definition) is 3. The summed E-state index contributed by atoms with van der Waals surface area (Å²) in [5.74, 6) is -1.29. The molecule has 2 amide bonds. The van der Waals surface area contributed by atoms with E-state index in [4.69, 9.17) is 10.2 Å². The molecule has 0 fully saturated rings. The van der Waals surface area contributed by atoms with E-state index in [2.05, 4.69) is 10.6 Å². The van der Waals surface area contributed by atoms with Crippen molar-refractivity contribution in [3.63, 3.8) is 0 Å². The molecule has 0 radical (unpaired) electrons. The van der Waals surface area contributed by atoms with Crippen LogP contribution in [0, 0.1) is 0 Å². The molecule has 0 bridgehead atoms. The maximum Gasteiger partial charge on any atom is 0.332 e. The Morgan fingerprint density at radius 3 is 2.37 bits per heavy atom. The Kier molecular flexibility index (Phi) is 6.38. The van der Waals surface area contributed by atoms with Crippen LogP contribution < -0.4 is 10.6 Å². The van der Waals surface area contributed by atoms with Crippen molar-refractivity contribution in [3.05, 3.63) is 35.9 Å². The van der Waals surface area contributed by atoms with Crippen LogP contribution in [0.3, 0.4) is 0 Å². The molecule has 1 aromatic rings. The van der Waals surface area contributed by atoms with Crippen molar-refractivity contribution in [1.82, 2.24) is 10.6 Å². The first-order valence-corrected chi connectivity index (χ1v) is 6.06. The number of amides is 2. The van der Waals surface area contributed by atoms with Crippen LogP contribution in [0.25, 0.3) is 0 Å². The number of urea groups is 1. The highest BCUT2D eigenvalue weighted by Crippen LogP contribution is 1.97. The zero-order valence-corrected chi connectivity index (χ0v) is 10.5. The number of benzene rings is 1. The summed E-state index contributed by atoms with van der Waals surface area (Å²) in [4.78, 5) is 21.7. The van der Waals surface area contributed by atoms with Crippen molar-refractivity contribution < 1.29 is 19.8 Å². The highest BCUT2D eigenvalue weighted by molar-refractivity contribution is 5.74. The third-order valence-electron chi connectivity index (χ3n) is 2.53. The molecule has 0 aliphatic rings. The highest BCUT2D eigenvalue weighted by atomic mass is 16.4. The fraction of sp³-hybridized carbons (Fsp3) is 0.385. The number of rotatable bonds is 7. The van der Waals surface area contributed by atoms with Crippen LogP contribution in [0.5, 0.6) is 0 Å². The zero-order valence-electron chi connectivity index (χ0n) is 10.5. The van der Waals surface area contributed by atoms with Gasteiger partial charge in [0.05, 0.1) is 0 Å². The van der Waals surface area contributed by atoms with Crippen LogP contribution in [-0.2, 0) is 11.2 Å². The lowest BCUT2D eigenvalue weighted by atomic mass is 10.1. The van der Waals surface area contributed by atoms with Gasteiger partial charge in [-0.25, -0.2) is 9.59 Å². The number of aliphatic hydroxyl groups is 1. The molecule has 0 saturated heterocycles. The summed E-state index contributed by atoms with van der Waals surface area (Å²) in [6.45, 7) is 0.613. The quantitative estimate of drug-likeness (QED) is 0.573. The van der Waals surface area contributed by atoms with Gasteiger partial charge >= 0.3 is 12.0 Å². The SMILES string of the molecule is O=C(NCCc1ccccc1)NCCC(O)C(=O)O. The Labute approximate surface area is 111 Å². The van der Waals surface area contributed by atoms with Crippen molar-refractivity contribution in [2.24, 2.45) is 0 Å². The summed E-state index contributed by atoms with van der Waals surface area (Å²) in [7, 11) is 0. The number of carbonyl (C=O) groups is 2. The molecule has 0 aliphatic heterocycles. The van der Waals surface area contributed by atoms with E-state index in [1.807, 2.05) is 30.3 Å². The summed E-state index contributed by atoms with van der Waals surface area (Å²) in [6, 6.07) is 9.38. The topological polar surface area (TPSA) is 98.7 Å². The van der Waals surface area contributed by atoms with Gasteiger partial charge in [0.25, 0.3) is 0 Å². The van der Waals surface area contributed by atoms with Gasteiger partial charge in [0.1, 0.15) is 0 Å². The molecule has 19 heavy (non-hydrogen) atoms. The molecule has 0 saturated carbocycles. The van der Waals surface area contributed by atoms with Crippen LogP contribution in [0.1, 0.15) is 12.0 Å². The van der Waals surface area contributed by atoms with Crippen LogP contribution in [0.2, 0.25) is 0 Å². The van der Waals surface area contributed by atoms with Gasteiger partial charge < -0.3 is 20.8 Å². The first-order valence-electron chi connectivity index (χ1n) is 6.06. The number of hydrogen-bond donors (Lipinski definition) is 4. The average Bonchev–Trinajstić information content (AvgIpc) is 2.39. The van der Waals surface area contributed by atoms with Gasteiger partial charge in [0, 0.05) is 19.5 Å². The van der Waals surface area contributed by atoms with Crippen LogP contribution in [0.15, 0.2) is 30.3 Å². The minimum absolute atomic E-state index is 0.0125. The molecule has 6 nitrogen and oxygen atoms in total. The minimum Gasteiger partial charge on any atom is -0.479 e. The molecule has 0 heterocycles. The number of aliphatic hydroxyl groups excluding tert-OH is 1. The van der Waals surface area contributed by atoms with Crippen molar-refractivity contribution >= 4 is 12.0 Å². The van der Waals surface area contributed by atoms with Crippen LogP contribution >= 0.6 is 0 Å². The lowest BCUT2D eigenvalue weighted by Gasteiger charge is -2.09. The average molecular weight is 266 g/mol. The van der Waals surface area contributed by atoms with Crippen LogP contribution in [-0.4, -0.2) is 41.4 Å². The predicted octanol–water partition coefficient (Wildman–Crippen LogP) is 0.364. The van der Waals surface area contributed by atoms with Gasteiger partial charge in [-0.2, -0.15) is 0 Å². The minimum atomic E-state index is -1.44. The fourth-order valence-corrected chi connectivity index (χ4v) is 1.47. The van der Waals surface area contributed by atoms with E-state index in [-0.39, 0.29) is 19.0 Å². The largest absolute Gasteiger partial charge is 0.479 e. The van der Waals surface area contributed by atoms with E-state index in [1.165, 1.54) is 0 Å². The second-order valence-corrected chi connectivity index (χ2v) is 4.06. The van der Waals surface area contributed by atoms with Gasteiger partial charge in [-0.05, 0) is 12.0 Å². The molecule has 1 unspecified atom stereocenters. The number of carbonyl (C=O) groups excluding carboxylic acids is 1. The Balaban J connectivity index is 2.10. The summed E-state index contributed by atoms with van der Waals surface area (Å²) < 4.78 is 0. The van der Waals surface area contributed by atoms with Gasteiger partial charge in [-0.3, -0.25) is 0 Å². The standard InChI is InChI=1S/C13H18N2O4/c16-11(12(17)18)7-9-15-13(19)14-8-6-10-4-2-1-3-5-10/h1-5,11,16H,6-9H2,(H,17,18)(H2,14,15,19). The zero-order chi connectivity index (χ0) is 14.1. The maximum absolute atomic E-state index is 11.3. The lowest BCUT2D eigenvalue weighted by Crippen LogP contribution is -2.38. The monoisotopic (exact) mass is 266 g/mol. The van der Waals surface area contributed by atoms with Crippen molar-refractivity contribution in [3.8, 4) is 0 Å². The predicted molar refractivity (Wildman–Crippen MR) is 69.8 cm³/mol. The molecular formula is C13H18N2O4. The van der Waals surface area contributed by atoms with Crippen molar-refractivity contribution in [2.45, 2.75) is 18.9 Å². The number of carboxylic acids is 1. The lowest BCUT2D eigenvalue weighted by molar-refractivity contribution is -0.146. The van der Waals surface area contributed by atoms with E-state index >= 15 is 0 Å². The molecule has 0 aliphatic carbocycles. The van der Waals surface area contributed by atoms with Gasteiger partial charge in [0.2, 0.25) is 0 Å². The summed E-state index contributed by atoms with van der Waals surface area (Å²) in [6.07, 6.45) is -0.724. The number of carboxylic acid groups (broad SMARTS) is 1. The fourth-order valence-electron chi connectivity index (χ4n) is 1.47. The Bertz CT molecular complexity index is 408. The first kappa shape index (κ1) is 15.0. The molecule has 0 aromatic heterocycles. The maximum atomic E-state index is 11.3. The van der Waals surface area contributed by atoms with Gasteiger partial charge in [0.15, 0.2) is 6.10 Å². The first-order chi connectivity index (χ1) is 9.09. The van der Waals surface area contributed by atoms with E-state index < -0.39 is 12.1 Å². The second kappa shape index (κ2) is 8.10. The molecule has 1 aromatic carbocycles. The highest BCUT2D eigenvalue weighted by Gasteiger charge is 2.12. The molecule has 1 rings (SSSR count). The van der Waals surface area contributed by atoms with Gasteiger partial charge in [-0.1, -0.05) is 30.3 Å².